The monoisotopic (exact) mass is 511 g/mol. The lowest BCUT2D eigenvalue weighted by molar-refractivity contribution is -0.387. The van der Waals surface area contributed by atoms with E-state index >= 15 is 0 Å². The molecule has 3 aromatic carbocycles. The highest BCUT2D eigenvalue weighted by atomic mass is 35.5. The number of nitro benzene ring substituents is 1. The summed E-state index contributed by atoms with van der Waals surface area (Å²) in [6.45, 7) is 1.45. The molecule has 2 aliphatic rings. The molecule has 0 unspecified atom stereocenters. The summed E-state index contributed by atoms with van der Waals surface area (Å²) in [5.74, 6) is -0.641. The van der Waals surface area contributed by atoms with Gasteiger partial charge in [-0.3, -0.25) is 14.9 Å². The number of carbonyl (C=O) groups excluding carboxylic acids is 1. The van der Waals surface area contributed by atoms with E-state index in [2.05, 4.69) is 10.6 Å². The average molecular weight is 512 g/mol. The van der Waals surface area contributed by atoms with Crippen LogP contribution in [0.5, 0.6) is 0 Å². The maximum absolute atomic E-state index is 14.9. The molecule has 1 amide bonds. The molecule has 0 aromatic heterocycles. The summed E-state index contributed by atoms with van der Waals surface area (Å²) >= 11 is 8.52. The van der Waals surface area contributed by atoms with Gasteiger partial charge >= 0.3 is 0 Å². The number of carbonyl (C=O) groups is 1. The number of halogens is 2. The molecule has 6 nitrogen and oxygen atoms in total. The molecule has 180 valence electrons. The Bertz CT molecular complexity index is 1310. The lowest BCUT2D eigenvalue weighted by atomic mass is 9.77. The number of alkyl halides is 1. The maximum Gasteiger partial charge on any atom is 0.282 e. The number of hydrogen-bond donors (Lipinski definition) is 2. The highest BCUT2D eigenvalue weighted by Gasteiger charge is 2.50. The van der Waals surface area contributed by atoms with Crippen LogP contribution in [0.4, 0.5) is 21.5 Å². The van der Waals surface area contributed by atoms with Crippen LogP contribution in [0.15, 0.2) is 71.6 Å². The average Bonchev–Trinajstić information content (AvgIpc) is 3.15. The molecule has 5 atom stereocenters. The van der Waals surface area contributed by atoms with Gasteiger partial charge in [-0.15, -0.1) is 23.4 Å². The molecule has 1 aliphatic heterocycles. The number of amides is 1. The molecule has 0 spiro atoms. The van der Waals surface area contributed by atoms with Gasteiger partial charge in [0.2, 0.25) is 5.91 Å². The predicted molar refractivity (Wildman–Crippen MR) is 137 cm³/mol. The zero-order valence-electron chi connectivity index (χ0n) is 18.8. The first kappa shape index (κ1) is 23.6. The van der Waals surface area contributed by atoms with Gasteiger partial charge < -0.3 is 10.6 Å². The fraction of sp³-hybridized carbons (Fsp3) is 0.269. The Hall–Kier alpha value is -3.10. The first-order valence-corrected chi connectivity index (χ1v) is 12.6. The van der Waals surface area contributed by atoms with Crippen LogP contribution >= 0.6 is 23.4 Å². The summed E-state index contributed by atoms with van der Waals surface area (Å²) in [7, 11) is 0. The minimum Gasteiger partial charge on any atom is -0.378 e. The summed E-state index contributed by atoms with van der Waals surface area (Å²) in [6, 6.07) is 18.7. The molecule has 1 saturated carbocycles. The van der Waals surface area contributed by atoms with E-state index in [1.165, 1.54) is 30.8 Å². The van der Waals surface area contributed by atoms with Gasteiger partial charge in [-0.2, -0.15) is 0 Å². The number of benzene rings is 3. The van der Waals surface area contributed by atoms with Gasteiger partial charge in [-0.05, 0) is 48.2 Å². The topological polar surface area (TPSA) is 84.3 Å². The third kappa shape index (κ3) is 4.48. The molecule has 0 saturated heterocycles. The van der Waals surface area contributed by atoms with Gasteiger partial charge in [0, 0.05) is 41.1 Å². The number of para-hydroxylation sites is 1. The molecule has 35 heavy (non-hydrogen) atoms. The number of rotatable bonds is 5. The van der Waals surface area contributed by atoms with E-state index in [1.54, 1.807) is 30.3 Å². The number of hydrogen-bond acceptors (Lipinski definition) is 5. The summed E-state index contributed by atoms with van der Waals surface area (Å²) in [5.41, 5.74) is 3.09. The van der Waals surface area contributed by atoms with Crippen molar-refractivity contribution in [1.29, 1.82) is 0 Å². The number of thioether (sulfide) groups is 1. The Balaban J connectivity index is 1.56. The fourth-order valence-electron chi connectivity index (χ4n) is 5.30. The molecule has 3 aromatic rings. The second-order valence-corrected chi connectivity index (χ2v) is 10.7. The summed E-state index contributed by atoms with van der Waals surface area (Å²) in [6.07, 6.45) is 0.644. The molecule has 0 bridgehead atoms. The Morgan fingerprint density at radius 3 is 2.63 bits per heavy atom. The van der Waals surface area contributed by atoms with Crippen LogP contribution in [0.2, 0.25) is 0 Å². The molecule has 2 N–H and O–H groups in total. The lowest BCUT2D eigenvalue weighted by Crippen LogP contribution is -2.31. The van der Waals surface area contributed by atoms with Gasteiger partial charge in [-0.25, -0.2) is 4.39 Å². The van der Waals surface area contributed by atoms with Crippen molar-refractivity contribution < 1.29 is 14.1 Å². The van der Waals surface area contributed by atoms with Crippen LogP contribution in [-0.2, 0) is 4.79 Å². The van der Waals surface area contributed by atoms with Gasteiger partial charge in [0.1, 0.15) is 5.82 Å². The largest absolute Gasteiger partial charge is 0.378 e. The summed E-state index contributed by atoms with van der Waals surface area (Å²) < 4.78 is 14.9. The molecule has 1 fully saturated rings. The molecule has 0 radical (unpaired) electrons. The Morgan fingerprint density at radius 1 is 1.14 bits per heavy atom. The van der Waals surface area contributed by atoms with E-state index in [-0.39, 0.29) is 50.8 Å². The highest BCUT2D eigenvalue weighted by molar-refractivity contribution is 8.00. The van der Waals surface area contributed by atoms with Crippen molar-refractivity contribution in [3.63, 3.8) is 0 Å². The van der Waals surface area contributed by atoms with Gasteiger partial charge in [-0.1, -0.05) is 30.3 Å². The molecule has 1 heterocycles. The van der Waals surface area contributed by atoms with E-state index in [0.717, 1.165) is 11.3 Å². The molecular weight excluding hydrogens is 489 g/mol. The van der Waals surface area contributed by atoms with Crippen LogP contribution in [0.3, 0.4) is 0 Å². The highest BCUT2D eigenvalue weighted by Crippen LogP contribution is 2.58. The third-order valence-corrected chi connectivity index (χ3v) is 8.83. The minimum absolute atomic E-state index is 0.0465. The van der Waals surface area contributed by atoms with Gasteiger partial charge in [0.25, 0.3) is 5.69 Å². The zero-order chi connectivity index (χ0) is 24.7. The predicted octanol–water partition coefficient (Wildman–Crippen LogP) is 6.73. The molecule has 9 heteroatoms. The number of nitro groups is 1. The van der Waals surface area contributed by atoms with Crippen LogP contribution < -0.4 is 10.6 Å². The zero-order valence-corrected chi connectivity index (χ0v) is 20.4. The van der Waals surface area contributed by atoms with E-state index < -0.39 is 0 Å². The van der Waals surface area contributed by atoms with E-state index in [1.807, 2.05) is 24.3 Å². The van der Waals surface area contributed by atoms with E-state index in [0.29, 0.717) is 22.6 Å². The van der Waals surface area contributed by atoms with Crippen molar-refractivity contribution in [3.05, 3.63) is 93.8 Å². The normalized spacial score (nSPS) is 24.7. The van der Waals surface area contributed by atoms with Crippen molar-refractivity contribution in [2.45, 2.75) is 40.8 Å². The number of nitrogens with one attached hydrogen (secondary N) is 2. The van der Waals surface area contributed by atoms with Crippen molar-refractivity contribution >= 4 is 46.3 Å². The fourth-order valence-corrected chi connectivity index (χ4v) is 7.25. The van der Waals surface area contributed by atoms with Crippen LogP contribution in [0.25, 0.3) is 0 Å². The van der Waals surface area contributed by atoms with Crippen LogP contribution in [-0.4, -0.2) is 21.5 Å². The first-order chi connectivity index (χ1) is 16.8. The third-order valence-electron chi connectivity index (χ3n) is 6.71. The van der Waals surface area contributed by atoms with Crippen LogP contribution in [0.1, 0.15) is 36.4 Å². The molecule has 1 aliphatic carbocycles. The van der Waals surface area contributed by atoms with Gasteiger partial charge in [0.15, 0.2) is 0 Å². The smallest absolute Gasteiger partial charge is 0.282 e. The molecular formula is C26H23ClFN3O3S. The Kier molecular flexibility index (Phi) is 6.42. The summed E-state index contributed by atoms with van der Waals surface area (Å²) in [4.78, 5) is 23.4. The van der Waals surface area contributed by atoms with E-state index in [9.17, 15) is 19.3 Å². The quantitative estimate of drug-likeness (QED) is 0.225. The van der Waals surface area contributed by atoms with Crippen molar-refractivity contribution in [1.82, 2.24) is 0 Å². The SMILES string of the molecule is CC(=O)Nc1ccc2c(c1)[C@@H]1[C@@H](Cl)[C@@H](Sc3ccccc3[N+](=O)[O-])C[C@@H]1[C@H](c1ccccc1F)N2. The Morgan fingerprint density at radius 2 is 1.89 bits per heavy atom. The maximum atomic E-state index is 14.9. The second-order valence-electron chi connectivity index (χ2n) is 8.88. The van der Waals surface area contributed by atoms with Gasteiger partial charge in [0.05, 0.1) is 21.2 Å². The number of fused-ring (bicyclic) bond motifs is 3. The van der Waals surface area contributed by atoms with Crippen LogP contribution in [0, 0.1) is 21.8 Å². The first-order valence-electron chi connectivity index (χ1n) is 11.3. The van der Waals surface area contributed by atoms with Crippen molar-refractivity contribution in [3.8, 4) is 0 Å². The Labute approximate surface area is 211 Å². The minimum atomic E-state index is -0.383. The van der Waals surface area contributed by atoms with Crippen molar-refractivity contribution in [2.75, 3.05) is 10.6 Å². The van der Waals surface area contributed by atoms with Crippen molar-refractivity contribution in [2.24, 2.45) is 5.92 Å². The van der Waals surface area contributed by atoms with E-state index in [4.69, 9.17) is 11.6 Å². The number of anilines is 2. The second kappa shape index (κ2) is 9.51. The molecule has 5 rings (SSSR count). The number of nitrogens with zero attached hydrogens (tertiary/aromatic N) is 1. The standard InChI is InChI=1S/C26H23ClFN3O3S/c1-14(32)29-15-10-11-20-17(12-15)24-18(26(30-20)16-6-2-3-7-19(16)28)13-23(25(24)27)35-22-9-5-4-8-21(22)31(33)34/h2-12,18,23-26,30H,13H2,1H3,(H,29,32)/t18-,23-,24-,25-,26-/m0/s1. The lowest BCUT2D eigenvalue weighted by Gasteiger charge is -2.38. The summed E-state index contributed by atoms with van der Waals surface area (Å²) in [5, 5.41) is 17.4.